The van der Waals surface area contributed by atoms with E-state index >= 15 is 0 Å². The smallest absolute Gasteiger partial charge is 0.343 e. The van der Waals surface area contributed by atoms with E-state index in [4.69, 9.17) is 14.2 Å². The van der Waals surface area contributed by atoms with E-state index in [-0.39, 0.29) is 11.7 Å². The zero-order chi connectivity index (χ0) is 22.2. The van der Waals surface area contributed by atoms with Gasteiger partial charge in [-0.05, 0) is 48.5 Å². The Kier molecular flexibility index (Phi) is 7.40. The summed E-state index contributed by atoms with van der Waals surface area (Å²) in [5, 5.41) is 3.98. The van der Waals surface area contributed by atoms with Crippen LogP contribution in [0.5, 0.6) is 17.2 Å². The van der Waals surface area contributed by atoms with Crippen molar-refractivity contribution in [3.05, 3.63) is 87.9 Å². The number of hydrogen-bond donors (Lipinski definition) is 1. The van der Waals surface area contributed by atoms with Crippen LogP contribution in [0.1, 0.15) is 26.3 Å². The van der Waals surface area contributed by atoms with Gasteiger partial charge in [-0.15, -0.1) is 0 Å². The number of benzene rings is 3. The third-order valence-electron chi connectivity index (χ3n) is 4.20. The highest BCUT2D eigenvalue weighted by Crippen LogP contribution is 2.29. The molecular formula is C23H19BrN2O5. The molecule has 0 aromatic heterocycles. The van der Waals surface area contributed by atoms with Gasteiger partial charge in [0.2, 0.25) is 0 Å². The van der Waals surface area contributed by atoms with Crippen molar-refractivity contribution in [2.45, 2.75) is 0 Å². The van der Waals surface area contributed by atoms with E-state index in [0.717, 1.165) is 4.47 Å². The van der Waals surface area contributed by atoms with E-state index in [9.17, 15) is 9.59 Å². The Labute approximate surface area is 187 Å². The number of methoxy groups -OCH3 is 2. The molecule has 1 N–H and O–H groups in total. The van der Waals surface area contributed by atoms with Crippen LogP contribution >= 0.6 is 15.9 Å². The first kappa shape index (κ1) is 22.0. The molecule has 1 amide bonds. The van der Waals surface area contributed by atoms with Crippen LogP contribution in [-0.4, -0.2) is 32.3 Å². The molecule has 0 aliphatic heterocycles. The minimum Gasteiger partial charge on any atom is -0.493 e. The van der Waals surface area contributed by atoms with E-state index in [2.05, 4.69) is 26.5 Å². The number of nitrogens with one attached hydrogen (secondary N) is 1. The minimum absolute atomic E-state index is 0.278. The first-order valence-corrected chi connectivity index (χ1v) is 9.93. The number of ether oxygens (including phenoxy) is 3. The van der Waals surface area contributed by atoms with Gasteiger partial charge in [0.25, 0.3) is 5.91 Å². The topological polar surface area (TPSA) is 86.2 Å². The maximum absolute atomic E-state index is 12.6. The maximum atomic E-state index is 12.6. The second kappa shape index (κ2) is 10.4. The van der Waals surface area contributed by atoms with Gasteiger partial charge in [0.1, 0.15) is 5.75 Å². The average Bonchev–Trinajstić information content (AvgIpc) is 2.80. The number of hydrazone groups is 1. The van der Waals surface area contributed by atoms with Gasteiger partial charge < -0.3 is 14.2 Å². The first-order chi connectivity index (χ1) is 15.0. The van der Waals surface area contributed by atoms with E-state index in [1.54, 1.807) is 54.6 Å². The Morgan fingerprint density at radius 3 is 2.29 bits per heavy atom. The van der Waals surface area contributed by atoms with Crippen LogP contribution in [0.25, 0.3) is 0 Å². The van der Waals surface area contributed by atoms with Crippen LogP contribution < -0.4 is 19.6 Å². The normalized spacial score (nSPS) is 10.5. The zero-order valence-electron chi connectivity index (χ0n) is 16.8. The predicted octanol–water partition coefficient (Wildman–Crippen LogP) is 4.45. The molecule has 8 heteroatoms. The molecule has 0 fully saturated rings. The van der Waals surface area contributed by atoms with Gasteiger partial charge in [0, 0.05) is 15.6 Å². The molecule has 0 heterocycles. The van der Waals surface area contributed by atoms with Crippen molar-refractivity contribution < 1.29 is 23.8 Å². The van der Waals surface area contributed by atoms with Crippen LogP contribution in [0.4, 0.5) is 0 Å². The second-order valence-electron chi connectivity index (χ2n) is 6.21. The molecule has 7 nitrogen and oxygen atoms in total. The highest BCUT2D eigenvalue weighted by Gasteiger charge is 2.15. The predicted molar refractivity (Wildman–Crippen MR) is 120 cm³/mol. The van der Waals surface area contributed by atoms with Crippen LogP contribution in [0.2, 0.25) is 0 Å². The number of carbonyl (C=O) groups is 2. The highest BCUT2D eigenvalue weighted by molar-refractivity contribution is 9.10. The van der Waals surface area contributed by atoms with Gasteiger partial charge in [0.15, 0.2) is 11.5 Å². The van der Waals surface area contributed by atoms with Gasteiger partial charge in [-0.2, -0.15) is 5.10 Å². The van der Waals surface area contributed by atoms with Crippen molar-refractivity contribution in [2.75, 3.05) is 14.2 Å². The first-order valence-electron chi connectivity index (χ1n) is 9.14. The highest BCUT2D eigenvalue weighted by atomic mass is 79.9. The lowest BCUT2D eigenvalue weighted by atomic mass is 10.2. The molecule has 0 saturated carbocycles. The summed E-state index contributed by atoms with van der Waals surface area (Å²) in [6.45, 7) is 0. The molecule has 0 aliphatic carbocycles. The third kappa shape index (κ3) is 5.70. The summed E-state index contributed by atoms with van der Waals surface area (Å²) in [5.74, 6) is 0.269. The number of halogens is 1. The largest absolute Gasteiger partial charge is 0.493 e. The van der Waals surface area contributed by atoms with Crippen LogP contribution in [0, 0.1) is 0 Å². The van der Waals surface area contributed by atoms with Gasteiger partial charge >= 0.3 is 5.97 Å². The van der Waals surface area contributed by atoms with Crippen molar-refractivity contribution >= 4 is 34.0 Å². The van der Waals surface area contributed by atoms with Gasteiger partial charge in [-0.3, -0.25) is 4.79 Å². The third-order valence-corrected chi connectivity index (χ3v) is 4.69. The Morgan fingerprint density at radius 2 is 1.58 bits per heavy atom. The van der Waals surface area contributed by atoms with Crippen molar-refractivity contribution in [3.63, 3.8) is 0 Å². The fourth-order valence-electron chi connectivity index (χ4n) is 2.65. The summed E-state index contributed by atoms with van der Waals surface area (Å²) in [7, 11) is 3.00. The molecule has 3 aromatic rings. The second-order valence-corrected chi connectivity index (χ2v) is 7.12. The maximum Gasteiger partial charge on any atom is 0.343 e. The lowest BCUT2D eigenvalue weighted by molar-refractivity contribution is 0.0733. The number of carbonyl (C=O) groups excluding carboxylic acids is 2. The molecular weight excluding hydrogens is 464 g/mol. The number of rotatable bonds is 7. The van der Waals surface area contributed by atoms with Gasteiger partial charge in [-0.1, -0.05) is 34.1 Å². The standard InChI is InChI=1S/C23H19BrN2O5/c1-29-20-10-8-16(13-21(20)30-2)23(28)31-19-11-9-18(24)12-17(19)14-25-26-22(27)15-6-4-3-5-7-15/h3-14H,1-2H3,(H,26,27)/b25-14+. The number of esters is 1. The van der Waals surface area contributed by atoms with Crippen molar-refractivity contribution in [3.8, 4) is 17.2 Å². The monoisotopic (exact) mass is 482 g/mol. The Hall–Kier alpha value is -3.65. The van der Waals surface area contributed by atoms with Crippen LogP contribution in [-0.2, 0) is 0 Å². The summed E-state index contributed by atoms with van der Waals surface area (Å²) in [4.78, 5) is 24.8. The van der Waals surface area contributed by atoms with Crippen LogP contribution in [0.3, 0.4) is 0 Å². The van der Waals surface area contributed by atoms with Crippen molar-refractivity contribution in [2.24, 2.45) is 5.10 Å². The lowest BCUT2D eigenvalue weighted by Gasteiger charge is -2.11. The number of amides is 1. The summed E-state index contributed by atoms with van der Waals surface area (Å²) >= 11 is 3.38. The van der Waals surface area contributed by atoms with Crippen molar-refractivity contribution in [1.82, 2.24) is 5.43 Å². The molecule has 3 aromatic carbocycles. The molecule has 0 bridgehead atoms. The molecule has 3 rings (SSSR count). The zero-order valence-corrected chi connectivity index (χ0v) is 18.4. The summed E-state index contributed by atoms with van der Waals surface area (Å²) in [6.07, 6.45) is 1.41. The van der Waals surface area contributed by atoms with Gasteiger partial charge in [-0.25, -0.2) is 10.2 Å². The quantitative estimate of drug-likeness (QED) is 0.232. The molecule has 0 aliphatic rings. The minimum atomic E-state index is -0.578. The number of nitrogens with zero attached hydrogens (tertiary/aromatic N) is 1. The van der Waals surface area contributed by atoms with E-state index in [1.165, 1.54) is 26.5 Å². The van der Waals surface area contributed by atoms with Crippen LogP contribution in [0.15, 0.2) is 76.3 Å². The molecule has 0 spiro atoms. The summed E-state index contributed by atoms with van der Waals surface area (Å²) in [5.41, 5.74) is 3.72. The average molecular weight is 483 g/mol. The molecule has 0 unspecified atom stereocenters. The van der Waals surface area contributed by atoms with Gasteiger partial charge in [0.05, 0.1) is 26.0 Å². The van der Waals surface area contributed by atoms with E-state index in [1.807, 2.05) is 6.07 Å². The SMILES string of the molecule is COc1ccc(C(=O)Oc2ccc(Br)cc2/C=N/NC(=O)c2ccccc2)cc1OC. The summed E-state index contributed by atoms with van der Waals surface area (Å²) in [6, 6.07) is 18.5. The molecule has 158 valence electrons. The molecule has 0 saturated heterocycles. The Bertz CT molecular complexity index is 1120. The summed E-state index contributed by atoms with van der Waals surface area (Å²) < 4.78 is 16.7. The Balaban J connectivity index is 1.77. The van der Waals surface area contributed by atoms with E-state index in [0.29, 0.717) is 28.2 Å². The number of hydrogen-bond acceptors (Lipinski definition) is 6. The molecule has 31 heavy (non-hydrogen) atoms. The molecule has 0 radical (unpaired) electrons. The van der Waals surface area contributed by atoms with E-state index < -0.39 is 5.97 Å². The fraction of sp³-hybridized carbons (Fsp3) is 0.0870. The molecule has 0 atom stereocenters. The Morgan fingerprint density at radius 1 is 0.871 bits per heavy atom. The fourth-order valence-corrected chi connectivity index (χ4v) is 3.03. The van der Waals surface area contributed by atoms with Crippen molar-refractivity contribution in [1.29, 1.82) is 0 Å². The lowest BCUT2D eigenvalue weighted by Crippen LogP contribution is -2.17.